The molecule has 3 aromatic rings. The minimum Gasteiger partial charge on any atom is -0.387 e. The van der Waals surface area contributed by atoms with Gasteiger partial charge in [0, 0.05) is 20.1 Å². The van der Waals surface area contributed by atoms with Crippen LogP contribution in [0.25, 0.3) is 0 Å². The van der Waals surface area contributed by atoms with Gasteiger partial charge < -0.3 is 10.2 Å². The van der Waals surface area contributed by atoms with Crippen LogP contribution in [0.3, 0.4) is 0 Å². The second-order valence-electron chi connectivity index (χ2n) is 8.59. The van der Waals surface area contributed by atoms with E-state index in [1.54, 1.807) is 6.07 Å². The monoisotopic (exact) mass is 474 g/mol. The van der Waals surface area contributed by atoms with Crippen molar-refractivity contribution >= 4 is 46.1 Å². The Morgan fingerprint density at radius 1 is 1.00 bits per heavy atom. The minimum absolute atomic E-state index is 0.0271. The molecule has 2 aromatic carbocycles. The Morgan fingerprint density at radius 2 is 1.68 bits per heavy atom. The van der Waals surface area contributed by atoms with Gasteiger partial charge in [-0.1, -0.05) is 74.3 Å². The molecule has 0 unspecified atom stereocenters. The number of benzene rings is 2. The Morgan fingerprint density at radius 3 is 2.29 bits per heavy atom. The molecule has 0 atom stereocenters. The number of carbonyl (C=O) groups excluding carboxylic acids is 1. The number of thiophene rings is 1. The molecular weight excluding hydrogens is 447 g/mol. The normalized spacial score (nSPS) is 11.4. The molecule has 3 rings (SSSR count). The molecule has 6 heteroatoms. The first-order valence-electron chi connectivity index (χ1n) is 10.3. The number of carbonyl (C=O) groups is 1. The fourth-order valence-corrected chi connectivity index (χ4v) is 4.55. The quantitative estimate of drug-likeness (QED) is 0.390. The summed E-state index contributed by atoms with van der Waals surface area (Å²) in [4.78, 5) is 16.0. The van der Waals surface area contributed by atoms with E-state index in [-0.39, 0.29) is 11.3 Å². The predicted molar refractivity (Wildman–Crippen MR) is 134 cm³/mol. The Hall–Kier alpha value is -2.01. The second kappa shape index (κ2) is 10.1. The van der Waals surface area contributed by atoms with Gasteiger partial charge in [-0.3, -0.25) is 4.79 Å². The van der Waals surface area contributed by atoms with Gasteiger partial charge in [0.15, 0.2) is 0 Å². The number of amides is 1. The fourth-order valence-electron chi connectivity index (χ4n) is 3.36. The lowest BCUT2D eigenvalue weighted by Gasteiger charge is -2.24. The van der Waals surface area contributed by atoms with Gasteiger partial charge in [0.05, 0.1) is 15.7 Å². The third-order valence-electron chi connectivity index (χ3n) is 5.26. The molecule has 164 valence electrons. The van der Waals surface area contributed by atoms with Crippen molar-refractivity contribution in [1.29, 1.82) is 0 Å². The van der Waals surface area contributed by atoms with E-state index >= 15 is 0 Å². The van der Waals surface area contributed by atoms with Crippen LogP contribution in [0.1, 0.15) is 47.1 Å². The Bertz CT molecular complexity index is 1040. The number of rotatable bonds is 7. The van der Waals surface area contributed by atoms with Crippen LogP contribution in [-0.2, 0) is 18.4 Å². The molecule has 0 saturated heterocycles. The maximum absolute atomic E-state index is 13.4. The zero-order valence-electron chi connectivity index (χ0n) is 18.3. The van der Waals surface area contributed by atoms with Crippen molar-refractivity contribution in [1.82, 2.24) is 4.90 Å². The van der Waals surface area contributed by atoms with Crippen LogP contribution in [-0.4, -0.2) is 24.4 Å². The molecule has 0 saturated carbocycles. The number of hydrogen-bond donors (Lipinski definition) is 1. The molecule has 0 spiro atoms. The zero-order chi connectivity index (χ0) is 22.6. The summed E-state index contributed by atoms with van der Waals surface area (Å²) in [5.41, 5.74) is 4.40. The summed E-state index contributed by atoms with van der Waals surface area (Å²) in [6, 6.07) is 16.1. The largest absolute Gasteiger partial charge is 0.387 e. The first kappa shape index (κ1) is 23.6. The van der Waals surface area contributed by atoms with Gasteiger partial charge in [0.25, 0.3) is 5.91 Å². The summed E-state index contributed by atoms with van der Waals surface area (Å²) < 4.78 is 0. The molecule has 1 aromatic heterocycles. The summed E-state index contributed by atoms with van der Waals surface area (Å²) in [6.45, 7) is 7.73. The molecule has 3 nitrogen and oxygen atoms in total. The summed E-state index contributed by atoms with van der Waals surface area (Å²) in [5.74, 6) is 0.0271. The van der Waals surface area contributed by atoms with E-state index in [2.05, 4.69) is 50.4 Å². The van der Waals surface area contributed by atoms with Gasteiger partial charge in [-0.05, 0) is 52.1 Å². The summed E-state index contributed by atoms with van der Waals surface area (Å²) in [5, 5.41) is 6.13. The Labute approximate surface area is 199 Å². The molecule has 31 heavy (non-hydrogen) atoms. The highest BCUT2D eigenvalue weighted by molar-refractivity contribution is 7.12. The zero-order valence-corrected chi connectivity index (χ0v) is 20.7. The van der Waals surface area contributed by atoms with Gasteiger partial charge in [0.1, 0.15) is 4.88 Å². The SMILES string of the molecule is CNc1ccsc1C(=O)N(CCc1ccc(Cl)c(Cl)c1)Cc1ccc(C(C)(C)C)cc1. The van der Waals surface area contributed by atoms with Crippen molar-refractivity contribution in [3.63, 3.8) is 0 Å². The molecule has 0 aliphatic carbocycles. The molecule has 1 amide bonds. The Kier molecular flexibility index (Phi) is 7.68. The van der Waals surface area contributed by atoms with Crippen LogP contribution in [0.15, 0.2) is 53.9 Å². The molecule has 0 bridgehead atoms. The average molecular weight is 475 g/mol. The first-order valence-corrected chi connectivity index (χ1v) is 11.9. The van der Waals surface area contributed by atoms with E-state index in [0.717, 1.165) is 21.7 Å². The summed E-state index contributed by atoms with van der Waals surface area (Å²) in [6.07, 6.45) is 0.697. The predicted octanol–water partition coefficient (Wildman–Crippen LogP) is 7.28. The minimum atomic E-state index is 0.0271. The lowest BCUT2D eigenvalue weighted by Crippen LogP contribution is -2.32. The molecule has 0 aliphatic heterocycles. The number of nitrogens with one attached hydrogen (secondary N) is 1. The number of anilines is 1. The fraction of sp³-hybridized carbons (Fsp3) is 0.320. The Balaban J connectivity index is 1.82. The topological polar surface area (TPSA) is 32.3 Å². The van der Waals surface area contributed by atoms with Crippen molar-refractivity contribution in [3.8, 4) is 0 Å². The van der Waals surface area contributed by atoms with E-state index in [1.807, 2.05) is 35.5 Å². The number of hydrogen-bond acceptors (Lipinski definition) is 3. The maximum atomic E-state index is 13.4. The molecule has 1 N–H and O–H groups in total. The highest BCUT2D eigenvalue weighted by Crippen LogP contribution is 2.27. The third kappa shape index (κ3) is 6.03. The van der Waals surface area contributed by atoms with Crippen LogP contribution in [0.4, 0.5) is 5.69 Å². The third-order valence-corrected chi connectivity index (χ3v) is 6.91. The lowest BCUT2D eigenvalue weighted by atomic mass is 9.87. The highest BCUT2D eigenvalue weighted by atomic mass is 35.5. The lowest BCUT2D eigenvalue weighted by molar-refractivity contribution is 0.0751. The number of nitrogens with zero attached hydrogens (tertiary/aromatic N) is 1. The molecule has 1 heterocycles. The van der Waals surface area contributed by atoms with Crippen molar-refractivity contribution in [2.24, 2.45) is 0 Å². The van der Waals surface area contributed by atoms with Crippen molar-refractivity contribution in [2.75, 3.05) is 18.9 Å². The molecule has 0 radical (unpaired) electrons. The standard InChI is InChI=1S/C25H28Cl2N2OS/c1-25(2,3)19-8-5-18(6-9-19)16-29(24(30)23-22(28-4)12-14-31-23)13-11-17-7-10-20(26)21(27)15-17/h5-10,12,14-15,28H,11,13,16H2,1-4H3. The van der Waals surface area contributed by atoms with Gasteiger partial charge in [-0.25, -0.2) is 0 Å². The van der Waals surface area contributed by atoms with E-state index < -0.39 is 0 Å². The number of halogens is 2. The van der Waals surface area contributed by atoms with Gasteiger partial charge >= 0.3 is 0 Å². The smallest absolute Gasteiger partial charge is 0.266 e. The van der Waals surface area contributed by atoms with Gasteiger partial charge in [0.2, 0.25) is 0 Å². The van der Waals surface area contributed by atoms with Gasteiger partial charge in [-0.2, -0.15) is 0 Å². The van der Waals surface area contributed by atoms with Crippen molar-refractivity contribution in [2.45, 2.75) is 39.2 Å². The van der Waals surface area contributed by atoms with E-state index in [9.17, 15) is 4.79 Å². The van der Waals surface area contributed by atoms with Crippen molar-refractivity contribution in [3.05, 3.63) is 85.5 Å². The molecular formula is C25H28Cl2N2OS. The molecule has 0 fully saturated rings. The van der Waals surface area contributed by atoms with Crippen molar-refractivity contribution < 1.29 is 4.79 Å². The maximum Gasteiger partial charge on any atom is 0.266 e. The highest BCUT2D eigenvalue weighted by Gasteiger charge is 2.21. The van der Waals surface area contributed by atoms with E-state index in [4.69, 9.17) is 23.2 Å². The van der Waals surface area contributed by atoms with Crippen LogP contribution in [0, 0.1) is 0 Å². The average Bonchev–Trinajstić information content (AvgIpc) is 3.21. The summed E-state index contributed by atoms with van der Waals surface area (Å²) in [7, 11) is 1.84. The van der Waals surface area contributed by atoms with Gasteiger partial charge in [-0.15, -0.1) is 11.3 Å². The summed E-state index contributed by atoms with van der Waals surface area (Å²) >= 11 is 13.7. The van der Waals surface area contributed by atoms with Crippen LogP contribution >= 0.6 is 34.5 Å². The van der Waals surface area contributed by atoms with Crippen LogP contribution in [0.2, 0.25) is 10.0 Å². The van der Waals surface area contributed by atoms with E-state index in [1.165, 1.54) is 16.9 Å². The van der Waals surface area contributed by atoms with Crippen LogP contribution in [0.5, 0.6) is 0 Å². The second-order valence-corrected chi connectivity index (χ2v) is 10.3. The van der Waals surface area contributed by atoms with E-state index in [0.29, 0.717) is 29.6 Å². The van der Waals surface area contributed by atoms with Crippen LogP contribution < -0.4 is 5.32 Å². The molecule has 0 aliphatic rings. The first-order chi connectivity index (χ1) is 14.7.